The standard InChI is InChI=1S/C9H18N2O2/c1-4-13-9(12)10-7(2)5-11-6-8(11)3/h7-8H,4-6H2,1-3H3,(H,10,12). The number of alkyl carbamates (subject to hydrolysis) is 1. The summed E-state index contributed by atoms with van der Waals surface area (Å²) in [7, 11) is 0. The molecule has 4 nitrogen and oxygen atoms in total. The predicted molar refractivity (Wildman–Crippen MR) is 50.7 cm³/mol. The van der Waals surface area contributed by atoms with Gasteiger partial charge in [-0.2, -0.15) is 0 Å². The van der Waals surface area contributed by atoms with Gasteiger partial charge in [0.05, 0.1) is 6.61 Å². The minimum Gasteiger partial charge on any atom is -0.450 e. The van der Waals surface area contributed by atoms with Gasteiger partial charge in [-0.15, -0.1) is 0 Å². The summed E-state index contributed by atoms with van der Waals surface area (Å²) in [4.78, 5) is 13.3. The maximum atomic E-state index is 11.0. The van der Waals surface area contributed by atoms with Crippen molar-refractivity contribution in [3.05, 3.63) is 0 Å². The molecule has 0 aromatic heterocycles. The van der Waals surface area contributed by atoms with Gasteiger partial charge in [-0.25, -0.2) is 4.79 Å². The van der Waals surface area contributed by atoms with E-state index in [2.05, 4.69) is 17.1 Å². The van der Waals surface area contributed by atoms with Crippen LogP contribution in [0.4, 0.5) is 4.79 Å². The molecule has 4 heteroatoms. The molecule has 0 aromatic rings. The number of carbonyl (C=O) groups is 1. The molecule has 13 heavy (non-hydrogen) atoms. The third kappa shape index (κ3) is 3.63. The van der Waals surface area contributed by atoms with Crippen LogP contribution in [0.15, 0.2) is 0 Å². The Hall–Kier alpha value is -0.770. The number of hydrogen-bond acceptors (Lipinski definition) is 3. The van der Waals surface area contributed by atoms with Crippen molar-refractivity contribution in [2.45, 2.75) is 32.9 Å². The average Bonchev–Trinajstić information content (AvgIpc) is 2.65. The summed E-state index contributed by atoms with van der Waals surface area (Å²) in [5.74, 6) is 0. The molecule has 0 saturated carbocycles. The Labute approximate surface area is 79.2 Å². The Morgan fingerprint density at radius 1 is 1.77 bits per heavy atom. The lowest BCUT2D eigenvalue weighted by Gasteiger charge is -2.13. The SMILES string of the molecule is CCOC(=O)NC(C)CN1CC1C. The largest absolute Gasteiger partial charge is 0.450 e. The van der Waals surface area contributed by atoms with Gasteiger partial charge in [0, 0.05) is 25.2 Å². The van der Waals surface area contributed by atoms with Crippen LogP contribution in [0.2, 0.25) is 0 Å². The summed E-state index contributed by atoms with van der Waals surface area (Å²) in [6.45, 7) is 8.46. The zero-order valence-corrected chi connectivity index (χ0v) is 8.54. The van der Waals surface area contributed by atoms with Crippen molar-refractivity contribution in [1.29, 1.82) is 0 Å². The van der Waals surface area contributed by atoms with E-state index >= 15 is 0 Å². The van der Waals surface area contributed by atoms with E-state index in [9.17, 15) is 4.79 Å². The second-order valence-corrected chi connectivity index (χ2v) is 3.57. The number of hydrogen-bond donors (Lipinski definition) is 1. The van der Waals surface area contributed by atoms with E-state index in [1.807, 2.05) is 6.92 Å². The second kappa shape index (κ2) is 4.46. The van der Waals surface area contributed by atoms with Crippen molar-refractivity contribution in [3.8, 4) is 0 Å². The maximum Gasteiger partial charge on any atom is 0.407 e. The van der Waals surface area contributed by atoms with Crippen molar-refractivity contribution in [1.82, 2.24) is 10.2 Å². The van der Waals surface area contributed by atoms with Gasteiger partial charge in [0.1, 0.15) is 0 Å². The minimum atomic E-state index is -0.315. The van der Waals surface area contributed by atoms with Crippen LogP contribution in [0.1, 0.15) is 20.8 Å². The summed E-state index contributed by atoms with van der Waals surface area (Å²) in [5.41, 5.74) is 0. The molecule has 1 aliphatic heterocycles. The molecule has 0 aliphatic carbocycles. The molecule has 1 amide bonds. The summed E-state index contributed by atoms with van der Waals surface area (Å²) in [6, 6.07) is 0.857. The van der Waals surface area contributed by atoms with E-state index in [0.29, 0.717) is 12.6 Å². The summed E-state index contributed by atoms with van der Waals surface area (Å²) >= 11 is 0. The molecule has 0 aromatic carbocycles. The molecule has 3 atom stereocenters. The molecule has 3 unspecified atom stereocenters. The molecular weight excluding hydrogens is 168 g/mol. The van der Waals surface area contributed by atoms with E-state index < -0.39 is 0 Å². The first-order chi connectivity index (χ1) is 6.13. The molecule has 0 bridgehead atoms. The summed E-state index contributed by atoms with van der Waals surface area (Å²) in [5, 5.41) is 2.77. The minimum absolute atomic E-state index is 0.170. The molecule has 0 radical (unpaired) electrons. The van der Waals surface area contributed by atoms with Crippen molar-refractivity contribution >= 4 is 6.09 Å². The Bertz CT molecular complexity index is 184. The molecule has 76 valence electrons. The number of nitrogens with zero attached hydrogens (tertiary/aromatic N) is 1. The Morgan fingerprint density at radius 3 is 2.85 bits per heavy atom. The lowest BCUT2D eigenvalue weighted by Crippen LogP contribution is -2.37. The highest BCUT2D eigenvalue weighted by Gasteiger charge is 2.30. The number of carbonyl (C=O) groups excluding carboxylic acids is 1. The van der Waals surface area contributed by atoms with Gasteiger partial charge in [0.15, 0.2) is 0 Å². The molecule has 1 saturated heterocycles. The average molecular weight is 186 g/mol. The van der Waals surface area contributed by atoms with Crippen molar-refractivity contribution in [3.63, 3.8) is 0 Å². The van der Waals surface area contributed by atoms with Crippen LogP contribution in [-0.4, -0.2) is 42.8 Å². The molecule has 1 aliphatic rings. The fraction of sp³-hybridized carbons (Fsp3) is 0.889. The van der Waals surface area contributed by atoms with Crippen LogP contribution in [0.3, 0.4) is 0 Å². The van der Waals surface area contributed by atoms with Crippen LogP contribution in [0, 0.1) is 0 Å². The van der Waals surface area contributed by atoms with E-state index in [4.69, 9.17) is 4.74 Å². The van der Waals surface area contributed by atoms with Gasteiger partial charge in [-0.05, 0) is 20.8 Å². The van der Waals surface area contributed by atoms with Crippen LogP contribution in [0.5, 0.6) is 0 Å². The zero-order chi connectivity index (χ0) is 9.84. The normalized spacial score (nSPS) is 27.9. The van der Waals surface area contributed by atoms with Crippen molar-refractivity contribution in [2.24, 2.45) is 0 Å². The van der Waals surface area contributed by atoms with Crippen LogP contribution >= 0.6 is 0 Å². The van der Waals surface area contributed by atoms with Crippen molar-refractivity contribution < 1.29 is 9.53 Å². The quantitative estimate of drug-likeness (QED) is 0.661. The number of nitrogens with one attached hydrogen (secondary N) is 1. The van der Waals surface area contributed by atoms with E-state index in [1.165, 1.54) is 0 Å². The van der Waals surface area contributed by atoms with Crippen molar-refractivity contribution in [2.75, 3.05) is 19.7 Å². The molecule has 1 heterocycles. The number of amides is 1. The van der Waals surface area contributed by atoms with Crippen LogP contribution in [-0.2, 0) is 4.74 Å². The number of rotatable bonds is 4. The monoisotopic (exact) mass is 186 g/mol. The van der Waals surface area contributed by atoms with Gasteiger partial charge in [0.2, 0.25) is 0 Å². The fourth-order valence-electron chi connectivity index (χ4n) is 1.32. The Morgan fingerprint density at radius 2 is 2.38 bits per heavy atom. The van der Waals surface area contributed by atoms with Gasteiger partial charge >= 0.3 is 6.09 Å². The third-order valence-electron chi connectivity index (χ3n) is 2.14. The van der Waals surface area contributed by atoms with E-state index in [0.717, 1.165) is 13.1 Å². The van der Waals surface area contributed by atoms with Crippen LogP contribution in [0.25, 0.3) is 0 Å². The van der Waals surface area contributed by atoms with Gasteiger partial charge in [-0.1, -0.05) is 0 Å². The van der Waals surface area contributed by atoms with Gasteiger partial charge in [-0.3, -0.25) is 4.90 Å². The highest BCUT2D eigenvalue weighted by Crippen LogP contribution is 2.15. The second-order valence-electron chi connectivity index (χ2n) is 3.57. The first kappa shape index (κ1) is 10.3. The van der Waals surface area contributed by atoms with E-state index in [1.54, 1.807) is 6.92 Å². The summed E-state index contributed by atoms with van der Waals surface area (Å²) in [6.07, 6.45) is -0.315. The predicted octanol–water partition coefficient (Wildman–Crippen LogP) is 0.825. The summed E-state index contributed by atoms with van der Waals surface area (Å²) < 4.78 is 4.77. The van der Waals surface area contributed by atoms with Crippen LogP contribution < -0.4 is 5.32 Å². The highest BCUT2D eigenvalue weighted by atomic mass is 16.5. The van der Waals surface area contributed by atoms with E-state index in [-0.39, 0.29) is 12.1 Å². The molecule has 1 N–H and O–H groups in total. The number of ether oxygens (including phenoxy) is 1. The lowest BCUT2D eigenvalue weighted by atomic mass is 10.3. The third-order valence-corrected chi connectivity index (χ3v) is 2.14. The molecule has 0 spiro atoms. The zero-order valence-electron chi connectivity index (χ0n) is 8.54. The first-order valence-corrected chi connectivity index (χ1v) is 4.80. The highest BCUT2D eigenvalue weighted by molar-refractivity contribution is 5.67. The Kier molecular flexibility index (Phi) is 3.54. The first-order valence-electron chi connectivity index (χ1n) is 4.80. The lowest BCUT2D eigenvalue weighted by molar-refractivity contribution is 0.147. The maximum absolute atomic E-state index is 11.0. The smallest absolute Gasteiger partial charge is 0.407 e. The molecule has 1 rings (SSSR count). The fourth-order valence-corrected chi connectivity index (χ4v) is 1.32. The topological polar surface area (TPSA) is 41.3 Å². The van der Waals surface area contributed by atoms with Gasteiger partial charge in [0.25, 0.3) is 0 Å². The Balaban J connectivity index is 2.09. The molecular formula is C9H18N2O2. The van der Waals surface area contributed by atoms with Gasteiger partial charge < -0.3 is 10.1 Å². The molecule has 1 fully saturated rings.